The van der Waals surface area contributed by atoms with Gasteiger partial charge in [0.25, 0.3) is 0 Å². The molecule has 0 amide bonds. The molecule has 0 radical (unpaired) electrons. The Hall–Kier alpha value is -0.870. The second-order valence-electron chi connectivity index (χ2n) is 3.96. The number of likely N-dealkylation sites (tertiary alicyclic amines) is 1. The molecule has 0 bridgehead atoms. The summed E-state index contributed by atoms with van der Waals surface area (Å²) in [6.07, 6.45) is 2.46. The van der Waals surface area contributed by atoms with E-state index in [1.807, 2.05) is 0 Å². The first-order valence-electron chi connectivity index (χ1n) is 5.51. The molecule has 0 aromatic carbocycles. The Balaban J connectivity index is 2.19. The van der Waals surface area contributed by atoms with Gasteiger partial charge in [0, 0.05) is 24.7 Å². The van der Waals surface area contributed by atoms with Gasteiger partial charge in [-0.15, -0.1) is 0 Å². The number of carboxylic acid groups (broad SMARTS) is 1. The minimum absolute atomic E-state index is 0.232. The molecule has 4 heteroatoms. The normalized spacial score (nSPS) is 21.8. The highest BCUT2D eigenvalue weighted by atomic mass is 16.4. The summed E-state index contributed by atoms with van der Waals surface area (Å²) in [5.41, 5.74) is 0.232. The van der Waals surface area contributed by atoms with Gasteiger partial charge in [-0.25, -0.2) is 4.79 Å². The van der Waals surface area contributed by atoms with Gasteiger partial charge in [-0.1, -0.05) is 13.5 Å². The number of nitrogens with zero attached hydrogens (tertiary/aromatic N) is 1. The number of carbonyl (C=O) groups is 1. The second-order valence-corrected chi connectivity index (χ2v) is 3.96. The molecule has 15 heavy (non-hydrogen) atoms. The third-order valence-electron chi connectivity index (χ3n) is 2.93. The van der Waals surface area contributed by atoms with Gasteiger partial charge < -0.3 is 10.4 Å². The van der Waals surface area contributed by atoms with Gasteiger partial charge in [0.2, 0.25) is 0 Å². The van der Waals surface area contributed by atoms with E-state index in [0.29, 0.717) is 12.6 Å². The fourth-order valence-electron chi connectivity index (χ4n) is 2.01. The number of carboxylic acids is 1. The summed E-state index contributed by atoms with van der Waals surface area (Å²) >= 11 is 0. The van der Waals surface area contributed by atoms with E-state index in [1.54, 1.807) is 0 Å². The van der Waals surface area contributed by atoms with Crippen LogP contribution in [0.5, 0.6) is 0 Å². The highest BCUT2D eigenvalue weighted by Gasteiger charge is 2.22. The van der Waals surface area contributed by atoms with E-state index in [9.17, 15) is 4.79 Å². The SMILES string of the molecule is C=C(CNCC1CCCN1CC)C(=O)O. The minimum Gasteiger partial charge on any atom is -0.478 e. The zero-order valence-corrected chi connectivity index (χ0v) is 9.33. The van der Waals surface area contributed by atoms with Gasteiger partial charge in [-0.2, -0.15) is 0 Å². The second kappa shape index (κ2) is 5.88. The average Bonchev–Trinajstić information content (AvgIpc) is 2.65. The number of hydrogen-bond acceptors (Lipinski definition) is 3. The molecule has 0 spiro atoms. The van der Waals surface area contributed by atoms with Crippen molar-refractivity contribution in [2.45, 2.75) is 25.8 Å². The van der Waals surface area contributed by atoms with Crippen LogP contribution in [0.1, 0.15) is 19.8 Å². The van der Waals surface area contributed by atoms with Crippen molar-refractivity contribution in [3.63, 3.8) is 0 Å². The first-order valence-corrected chi connectivity index (χ1v) is 5.51. The summed E-state index contributed by atoms with van der Waals surface area (Å²) in [5, 5.41) is 11.8. The number of hydrogen-bond donors (Lipinski definition) is 2. The Morgan fingerprint density at radius 2 is 2.40 bits per heavy atom. The van der Waals surface area contributed by atoms with Crippen molar-refractivity contribution in [2.24, 2.45) is 0 Å². The average molecular weight is 212 g/mol. The molecule has 1 heterocycles. The Morgan fingerprint density at radius 1 is 1.67 bits per heavy atom. The van der Waals surface area contributed by atoms with E-state index in [0.717, 1.165) is 13.1 Å². The van der Waals surface area contributed by atoms with E-state index in [4.69, 9.17) is 5.11 Å². The van der Waals surface area contributed by atoms with Crippen LogP contribution in [-0.2, 0) is 4.79 Å². The van der Waals surface area contributed by atoms with E-state index >= 15 is 0 Å². The monoisotopic (exact) mass is 212 g/mol. The summed E-state index contributed by atoms with van der Waals surface area (Å²) < 4.78 is 0. The quantitative estimate of drug-likeness (QED) is 0.636. The predicted molar refractivity (Wildman–Crippen MR) is 59.9 cm³/mol. The van der Waals surface area contributed by atoms with E-state index in [2.05, 4.69) is 23.7 Å². The minimum atomic E-state index is -0.915. The molecular formula is C11H20N2O2. The van der Waals surface area contributed by atoms with Crippen molar-refractivity contribution in [2.75, 3.05) is 26.2 Å². The molecule has 0 aliphatic carbocycles. The maximum atomic E-state index is 10.5. The number of rotatable bonds is 6. The third kappa shape index (κ3) is 3.64. The smallest absolute Gasteiger partial charge is 0.332 e. The van der Waals surface area contributed by atoms with Gasteiger partial charge >= 0.3 is 5.97 Å². The standard InChI is InChI=1S/C11H20N2O2/c1-3-13-6-4-5-10(13)8-12-7-9(2)11(14)15/h10,12H,2-8H2,1H3,(H,14,15). The Kier molecular flexibility index (Phi) is 4.78. The van der Waals surface area contributed by atoms with Crippen LogP contribution in [0.15, 0.2) is 12.2 Å². The zero-order chi connectivity index (χ0) is 11.3. The molecule has 1 atom stereocenters. The summed E-state index contributed by atoms with van der Waals surface area (Å²) in [6.45, 7) is 9.13. The van der Waals surface area contributed by atoms with Crippen LogP contribution < -0.4 is 5.32 Å². The molecule has 86 valence electrons. The lowest BCUT2D eigenvalue weighted by Gasteiger charge is -2.22. The van der Waals surface area contributed by atoms with Gasteiger partial charge in [0.15, 0.2) is 0 Å². The predicted octanol–water partition coefficient (Wildman–Crippen LogP) is 0.701. The van der Waals surface area contributed by atoms with E-state index in [1.165, 1.54) is 19.4 Å². The van der Waals surface area contributed by atoms with Crippen molar-refractivity contribution in [1.82, 2.24) is 10.2 Å². The molecule has 1 aliphatic heterocycles. The van der Waals surface area contributed by atoms with Crippen LogP contribution in [0.2, 0.25) is 0 Å². The van der Waals surface area contributed by atoms with Gasteiger partial charge in [0.05, 0.1) is 0 Å². The van der Waals surface area contributed by atoms with Crippen LogP contribution in [0.3, 0.4) is 0 Å². The lowest BCUT2D eigenvalue weighted by atomic mass is 10.2. The molecule has 1 unspecified atom stereocenters. The number of nitrogens with one attached hydrogen (secondary N) is 1. The Bertz CT molecular complexity index is 241. The fraction of sp³-hybridized carbons (Fsp3) is 0.727. The van der Waals surface area contributed by atoms with Crippen LogP contribution in [0.4, 0.5) is 0 Å². The molecule has 0 saturated carbocycles. The van der Waals surface area contributed by atoms with Crippen molar-refractivity contribution >= 4 is 5.97 Å². The molecule has 1 fully saturated rings. The summed E-state index contributed by atoms with van der Waals surface area (Å²) in [7, 11) is 0. The first-order chi connectivity index (χ1) is 7.15. The van der Waals surface area contributed by atoms with Crippen LogP contribution in [-0.4, -0.2) is 48.2 Å². The first kappa shape index (κ1) is 12.2. The maximum Gasteiger partial charge on any atom is 0.332 e. The number of likely N-dealkylation sites (N-methyl/N-ethyl adjacent to an activating group) is 1. The summed E-state index contributed by atoms with van der Waals surface area (Å²) in [4.78, 5) is 12.9. The summed E-state index contributed by atoms with van der Waals surface area (Å²) in [5.74, 6) is -0.915. The lowest BCUT2D eigenvalue weighted by Crippen LogP contribution is -2.38. The molecule has 0 aromatic rings. The lowest BCUT2D eigenvalue weighted by molar-refractivity contribution is -0.132. The van der Waals surface area contributed by atoms with Crippen molar-refractivity contribution < 1.29 is 9.90 Å². The van der Waals surface area contributed by atoms with Crippen LogP contribution >= 0.6 is 0 Å². The van der Waals surface area contributed by atoms with E-state index in [-0.39, 0.29) is 5.57 Å². The largest absolute Gasteiger partial charge is 0.478 e. The van der Waals surface area contributed by atoms with Gasteiger partial charge in [-0.3, -0.25) is 4.90 Å². The number of aliphatic carboxylic acids is 1. The molecular weight excluding hydrogens is 192 g/mol. The Labute approximate surface area is 91.0 Å². The summed E-state index contributed by atoms with van der Waals surface area (Å²) in [6, 6.07) is 0.566. The molecule has 4 nitrogen and oxygen atoms in total. The van der Waals surface area contributed by atoms with Crippen molar-refractivity contribution in [1.29, 1.82) is 0 Å². The van der Waals surface area contributed by atoms with E-state index < -0.39 is 5.97 Å². The van der Waals surface area contributed by atoms with Gasteiger partial charge in [-0.05, 0) is 25.9 Å². The molecule has 1 rings (SSSR count). The zero-order valence-electron chi connectivity index (χ0n) is 9.33. The molecule has 1 aliphatic rings. The third-order valence-corrected chi connectivity index (χ3v) is 2.93. The highest BCUT2D eigenvalue weighted by Crippen LogP contribution is 2.15. The highest BCUT2D eigenvalue weighted by molar-refractivity contribution is 5.86. The molecule has 2 N–H and O–H groups in total. The van der Waals surface area contributed by atoms with Crippen LogP contribution in [0.25, 0.3) is 0 Å². The topological polar surface area (TPSA) is 52.6 Å². The maximum absolute atomic E-state index is 10.5. The van der Waals surface area contributed by atoms with Crippen LogP contribution in [0, 0.1) is 0 Å². The fourth-order valence-corrected chi connectivity index (χ4v) is 2.01. The Morgan fingerprint density at radius 3 is 3.00 bits per heavy atom. The molecule has 0 aromatic heterocycles. The molecule has 1 saturated heterocycles. The van der Waals surface area contributed by atoms with Gasteiger partial charge in [0.1, 0.15) is 0 Å². The van der Waals surface area contributed by atoms with Crippen molar-refractivity contribution in [3.8, 4) is 0 Å². The van der Waals surface area contributed by atoms with Crippen molar-refractivity contribution in [3.05, 3.63) is 12.2 Å².